The number of nitrogens with one attached hydrogen (secondary N) is 1. The van der Waals surface area contributed by atoms with Crippen molar-refractivity contribution >= 4 is 15.9 Å². The average molecular weight is 312 g/mol. The van der Waals surface area contributed by atoms with Crippen molar-refractivity contribution in [3.63, 3.8) is 0 Å². The fraction of sp³-hybridized carbons (Fsp3) is 0.308. The third-order valence-corrected chi connectivity index (χ3v) is 3.18. The van der Waals surface area contributed by atoms with Crippen molar-refractivity contribution in [2.75, 3.05) is 6.54 Å². The lowest BCUT2D eigenvalue weighted by Gasteiger charge is -2.17. The molecule has 0 spiro atoms. The molecule has 2 aromatic rings. The molecule has 0 aliphatic heterocycles. The second kappa shape index (κ2) is 5.63. The van der Waals surface area contributed by atoms with Gasteiger partial charge in [0.15, 0.2) is 0 Å². The van der Waals surface area contributed by atoms with Crippen molar-refractivity contribution < 1.29 is 4.39 Å². The molecule has 0 saturated carbocycles. The maximum Gasteiger partial charge on any atom is 0.149 e. The first kappa shape index (κ1) is 13.2. The average Bonchev–Trinajstić information content (AvgIpc) is 2.75. The van der Waals surface area contributed by atoms with Crippen molar-refractivity contribution in [3.8, 4) is 5.69 Å². The van der Waals surface area contributed by atoms with Crippen LogP contribution in [0.2, 0.25) is 0 Å². The van der Waals surface area contributed by atoms with Gasteiger partial charge in [-0.1, -0.05) is 19.1 Å². The molecule has 1 unspecified atom stereocenters. The van der Waals surface area contributed by atoms with Crippen LogP contribution in [0, 0.1) is 5.82 Å². The Kier molecular flexibility index (Phi) is 4.14. The van der Waals surface area contributed by atoms with Crippen LogP contribution in [0.4, 0.5) is 4.39 Å². The van der Waals surface area contributed by atoms with E-state index in [0.29, 0.717) is 5.69 Å². The van der Waals surface area contributed by atoms with Crippen molar-refractivity contribution in [1.29, 1.82) is 0 Å². The normalized spacial score (nSPS) is 12.7. The highest BCUT2D eigenvalue weighted by Gasteiger charge is 2.15. The predicted octanol–water partition coefficient (Wildman–Crippen LogP) is 3.44. The molecule has 0 saturated heterocycles. The topological polar surface area (TPSA) is 29.9 Å². The van der Waals surface area contributed by atoms with Crippen LogP contribution in [0.15, 0.2) is 35.1 Å². The van der Waals surface area contributed by atoms with Crippen LogP contribution in [-0.2, 0) is 0 Å². The molecule has 18 heavy (non-hydrogen) atoms. The Morgan fingerprint density at radius 2 is 2.28 bits per heavy atom. The number of para-hydroxylation sites is 1. The molecule has 1 atom stereocenters. The number of hydrogen-bond donors (Lipinski definition) is 1. The van der Waals surface area contributed by atoms with Crippen LogP contribution in [0.1, 0.15) is 25.5 Å². The van der Waals surface area contributed by atoms with E-state index in [1.807, 2.05) is 19.9 Å². The van der Waals surface area contributed by atoms with E-state index in [1.165, 1.54) is 6.07 Å². The Morgan fingerprint density at radius 3 is 2.89 bits per heavy atom. The molecule has 0 bridgehead atoms. The Labute approximate surface area is 114 Å². The van der Waals surface area contributed by atoms with Gasteiger partial charge >= 0.3 is 0 Å². The summed E-state index contributed by atoms with van der Waals surface area (Å²) in [5.74, 6) is -0.271. The van der Waals surface area contributed by atoms with Crippen molar-refractivity contribution in [2.24, 2.45) is 0 Å². The lowest BCUT2D eigenvalue weighted by atomic mass is 10.1. The van der Waals surface area contributed by atoms with E-state index in [-0.39, 0.29) is 11.9 Å². The summed E-state index contributed by atoms with van der Waals surface area (Å²) in [6.45, 7) is 4.88. The van der Waals surface area contributed by atoms with E-state index < -0.39 is 0 Å². The Morgan fingerprint density at radius 1 is 1.50 bits per heavy atom. The summed E-state index contributed by atoms with van der Waals surface area (Å²) in [7, 11) is 0. The monoisotopic (exact) mass is 311 g/mol. The van der Waals surface area contributed by atoms with Gasteiger partial charge in [0.1, 0.15) is 11.5 Å². The van der Waals surface area contributed by atoms with E-state index in [1.54, 1.807) is 23.1 Å². The third kappa shape index (κ3) is 2.62. The van der Waals surface area contributed by atoms with E-state index in [9.17, 15) is 4.39 Å². The standard InChI is InChI=1S/C13H15BrFN3/c1-3-16-9(2)11-5-4-6-12(15)13(11)18-8-10(14)7-17-18/h4-9,16H,3H2,1-2H3. The minimum atomic E-state index is -0.271. The quantitative estimate of drug-likeness (QED) is 0.937. The molecule has 5 heteroatoms. The van der Waals surface area contributed by atoms with Crippen LogP contribution in [0.25, 0.3) is 5.69 Å². The highest BCUT2D eigenvalue weighted by molar-refractivity contribution is 9.10. The Bertz CT molecular complexity index is 539. The molecule has 1 heterocycles. The largest absolute Gasteiger partial charge is 0.310 e. The summed E-state index contributed by atoms with van der Waals surface area (Å²) in [5.41, 5.74) is 1.39. The van der Waals surface area contributed by atoms with E-state index in [4.69, 9.17) is 0 Å². The van der Waals surface area contributed by atoms with Gasteiger partial charge in [0, 0.05) is 12.2 Å². The molecule has 0 fully saturated rings. The van der Waals surface area contributed by atoms with Crippen LogP contribution >= 0.6 is 15.9 Å². The highest BCUT2D eigenvalue weighted by Crippen LogP contribution is 2.25. The third-order valence-electron chi connectivity index (χ3n) is 2.77. The molecule has 2 rings (SSSR count). The van der Waals surface area contributed by atoms with Crippen molar-refractivity contribution in [2.45, 2.75) is 19.9 Å². The molecule has 96 valence electrons. The number of hydrogen-bond acceptors (Lipinski definition) is 2. The van der Waals surface area contributed by atoms with Gasteiger partial charge in [-0.2, -0.15) is 5.10 Å². The lowest BCUT2D eigenvalue weighted by Crippen LogP contribution is -2.20. The zero-order valence-electron chi connectivity index (χ0n) is 10.3. The molecule has 0 amide bonds. The molecule has 0 aliphatic rings. The van der Waals surface area contributed by atoms with Gasteiger partial charge in [-0.25, -0.2) is 9.07 Å². The fourth-order valence-corrected chi connectivity index (χ4v) is 2.25. The summed E-state index contributed by atoms with van der Waals surface area (Å²) in [6.07, 6.45) is 3.40. The molecule has 3 nitrogen and oxygen atoms in total. The van der Waals surface area contributed by atoms with Gasteiger partial charge in [0.05, 0.1) is 10.7 Å². The van der Waals surface area contributed by atoms with Crippen molar-refractivity contribution in [3.05, 3.63) is 46.4 Å². The number of benzene rings is 1. The molecule has 0 radical (unpaired) electrons. The van der Waals surface area contributed by atoms with Gasteiger partial charge in [0.2, 0.25) is 0 Å². The minimum Gasteiger partial charge on any atom is -0.310 e. The number of aromatic nitrogens is 2. The summed E-state index contributed by atoms with van der Waals surface area (Å²) in [6, 6.07) is 5.17. The van der Waals surface area contributed by atoms with Crippen LogP contribution < -0.4 is 5.32 Å². The van der Waals surface area contributed by atoms with Gasteiger partial charge in [0.25, 0.3) is 0 Å². The maximum absolute atomic E-state index is 14.0. The number of halogens is 2. The summed E-state index contributed by atoms with van der Waals surface area (Å²) in [5, 5.41) is 7.44. The lowest BCUT2D eigenvalue weighted by molar-refractivity contribution is 0.569. The molecular formula is C13H15BrFN3. The first-order valence-electron chi connectivity index (χ1n) is 5.85. The SMILES string of the molecule is CCNC(C)c1cccc(F)c1-n1cc(Br)cn1. The molecule has 1 aromatic heterocycles. The smallest absolute Gasteiger partial charge is 0.149 e. The van der Waals surface area contributed by atoms with Gasteiger partial charge in [-0.15, -0.1) is 0 Å². The molecule has 0 aliphatic carbocycles. The van der Waals surface area contributed by atoms with Crippen LogP contribution in [0.5, 0.6) is 0 Å². The van der Waals surface area contributed by atoms with Crippen LogP contribution in [-0.4, -0.2) is 16.3 Å². The van der Waals surface area contributed by atoms with Crippen LogP contribution in [0.3, 0.4) is 0 Å². The summed E-state index contributed by atoms with van der Waals surface area (Å²) >= 11 is 3.32. The van der Waals surface area contributed by atoms with E-state index >= 15 is 0 Å². The van der Waals surface area contributed by atoms with Gasteiger partial charge in [-0.3, -0.25) is 0 Å². The summed E-state index contributed by atoms with van der Waals surface area (Å²) < 4.78 is 16.4. The Hall–Kier alpha value is -1.20. The predicted molar refractivity (Wildman–Crippen MR) is 73.3 cm³/mol. The van der Waals surface area contributed by atoms with Gasteiger partial charge < -0.3 is 5.32 Å². The van der Waals surface area contributed by atoms with Gasteiger partial charge in [-0.05, 0) is 41.0 Å². The fourth-order valence-electron chi connectivity index (χ4n) is 1.96. The maximum atomic E-state index is 14.0. The number of rotatable bonds is 4. The van der Waals surface area contributed by atoms with E-state index in [2.05, 4.69) is 26.3 Å². The summed E-state index contributed by atoms with van der Waals surface area (Å²) in [4.78, 5) is 0. The van der Waals surface area contributed by atoms with E-state index in [0.717, 1.165) is 16.6 Å². The zero-order valence-corrected chi connectivity index (χ0v) is 11.9. The minimum absolute atomic E-state index is 0.0728. The highest BCUT2D eigenvalue weighted by atomic mass is 79.9. The number of nitrogens with zero attached hydrogens (tertiary/aromatic N) is 2. The first-order chi connectivity index (χ1) is 8.63. The second-order valence-corrected chi connectivity index (χ2v) is 4.98. The van der Waals surface area contributed by atoms with Crippen molar-refractivity contribution in [1.82, 2.24) is 15.1 Å². The first-order valence-corrected chi connectivity index (χ1v) is 6.65. The molecule has 1 N–H and O–H groups in total. The molecular weight excluding hydrogens is 297 g/mol. The molecule has 1 aromatic carbocycles. The second-order valence-electron chi connectivity index (χ2n) is 4.06. The zero-order chi connectivity index (χ0) is 13.1. The Balaban J connectivity index is 2.51.